The summed E-state index contributed by atoms with van der Waals surface area (Å²) in [6.45, 7) is 8.27. The summed E-state index contributed by atoms with van der Waals surface area (Å²) in [6, 6.07) is 6.53. The number of carbonyl (C=O) groups excluding carboxylic acids is 1. The van der Waals surface area contributed by atoms with Crippen molar-refractivity contribution < 1.29 is 4.79 Å². The lowest BCUT2D eigenvalue weighted by Gasteiger charge is -2.33. The van der Waals surface area contributed by atoms with Crippen LogP contribution in [0.4, 0.5) is 11.5 Å². The molecule has 29 heavy (non-hydrogen) atoms. The molecule has 1 amide bonds. The van der Waals surface area contributed by atoms with Crippen molar-refractivity contribution >= 4 is 17.4 Å². The van der Waals surface area contributed by atoms with E-state index in [9.17, 15) is 4.79 Å². The third-order valence-corrected chi connectivity index (χ3v) is 6.50. The van der Waals surface area contributed by atoms with Crippen LogP contribution in [-0.2, 0) is 0 Å². The number of piperazine rings is 1. The first-order valence-corrected chi connectivity index (χ1v) is 10.9. The van der Waals surface area contributed by atoms with E-state index >= 15 is 0 Å². The molecule has 6 nitrogen and oxygen atoms in total. The molecule has 1 aliphatic carbocycles. The number of anilines is 2. The van der Waals surface area contributed by atoms with Gasteiger partial charge in [0.05, 0.1) is 17.4 Å². The number of aromatic nitrogens is 2. The van der Waals surface area contributed by atoms with Crippen LogP contribution < -0.4 is 10.2 Å². The summed E-state index contributed by atoms with van der Waals surface area (Å²) in [6.07, 6.45) is 8.11. The molecule has 0 radical (unpaired) electrons. The molecule has 156 valence electrons. The lowest BCUT2D eigenvalue weighted by Crippen LogP contribution is -2.44. The van der Waals surface area contributed by atoms with Gasteiger partial charge in [-0.05, 0) is 51.9 Å². The van der Waals surface area contributed by atoms with Gasteiger partial charge in [0.2, 0.25) is 0 Å². The normalized spacial score (nSPS) is 18.8. The highest BCUT2D eigenvalue weighted by molar-refractivity contribution is 6.05. The molecular formula is C23H33N5O. The monoisotopic (exact) mass is 395 g/mol. The molecular weight excluding hydrogens is 362 g/mol. The Balaban J connectivity index is 1.44. The highest BCUT2D eigenvalue weighted by atomic mass is 16.1. The number of amides is 1. The highest BCUT2D eigenvalue weighted by Gasteiger charge is 2.23. The molecule has 2 aromatic heterocycles. The zero-order valence-corrected chi connectivity index (χ0v) is 17.9. The minimum atomic E-state index is -0.0469. The second-order valence-corrected chi connectivity index (χ2v) is 8.60. The quantitative estimate of drug-likeness (QED) is 0.850. The van der Waals surface area contributed by atoms with Crippen LogP contribution in [0, 0.1) is 13.8 Å². The van der Waals surface area contributed by atoms with Crippen molar-refractivity contribution in [2.75, 3.05) is 43.4 Å². The van der Waals surface area contributed by atoms with Gasteiger partial charge < -0.3 is 19.7 Å². The number of carbonyl (C=O) groups is 1. The van der Waals surface area contributed by atoms with E-state index in [1.165, 1.54) is 37.8 Å². The summed E-state index contributed by atoms with van der Waals surface area (Å²) in [4.78, 5) is 22.1. The van der Waals surface area contributed by atoms with E-state index in [1.54, 1.807) is 6.20 Å². The van der Waals surface area contributed by atoms with Gasteiger partial charge in [0.1, 0.15) is 5.82 Å². The Morgan fingerprint density at radius 1 is 1.07 bits per heavy atom. The highest BCUT2D eigenvalue weighted by Crippen LogP contribution is 2.32. The van der Waals surface area contributed by atoms with Crippen molar-refractivity contribution in [1.29, 1.82) is 0 Å². The first-order valence-electron chi connectivity index (χ1n) is 10.9. The Labute approximate surface area is 173 Å². The van der Waals surface area contributed by atoms with E-state index in [2.05, 4.69) is 45.6 Å². The van der Waals surface area contributed by atoms with Crippen LogP contribution in [0.25, 0.3) is 0 Å². The number of hydrogen-bond donors (Lipinski definition) is 1. The molecule has 0 atom stereocenters. The predicted octanol–water partition coefficient (Wildman–Crippen LogP) is 4.01. The van der Waals surface area contributed by atoms with Gasteiger partial charge in [0.15, 0.2) is 0 Å². The zero-order chi connectivity index (χ0) is 20.4. The van der Waals surface area contributed by atoms with Gasteiger partial charge in [0.25, 0.3) is 5.91 Å². The first-order chi connectivity index (χ1) is 14.0. The average molecular weight is 396 g/mol. The molecule has 1 aliphatic heterocycles. The van der Waals surface area contributed by atoms with E-state index in [-0.39, 0.29) is 5.91 Å². The maximum atomic E-state index is 12.9. The molecule has 1 saturated heterocycles. The number of pyridine rings is 1. The van der Waals surface area contributed by atoms with E-state index < -0.39 is 0 Å². The number of aryl methyl sites for hydroxylation is 1. The molecule has 1 saturated carbocycles. The molecule has 1 N–H and O–H groups in total. The maximum absolute atomic E-state index is 12.9. The topological polar surface area (TPSA) is 53.4 Å². The summed E-state index contributed by atoms with van der Waals surface area (Å²) in [5.41, 5.74) is 3.78. The second-order valence-electron chi connectivity index (χ2n) is 8.60. The van der Waals surface area contributed by atoms with Crippen LogP contribution >= 0.6 is 0 Å². The molecule has 2 aliphatic rings. The van der Waals surface area contributed by atoms with Crippen LogP contribution in [0.5, 0.6) is 0 Å². The molecule has 4 rings (SSSR count). The van der Waals surface area contributed by atoms with Crippen LogP contribution in [-0.4, -0.2) is 53.6 Å². The van der Waals surface area contributed by atoms with Crippen molar-refractivity contribution in [3.8, 4) is 0 Å². The molecule has 0 unspecified atom stereocenters. The van der Waals surface area contributed by atoms with Crippen LogP contribution in [0.1, 0.15) is 59.9 Å². The van der Waals surface area contributed by atoms with Crippen molar-refractivity contribution in [2.45, 2.75) is 52.0 Å². The Hall–Kier alpha value is -2.34. The fourth-order valence-electron chi connectivity index (χ4n) is 4.79. The third kappa shape index (κ3) is 4.32. The second kappa shape index (κ2) is 8.57. The van der Waals surface area contributed by atoms with Gasteiger partial charge in [-0.3, -0.25) is 4.79 Å². The van der Waals surface area contributed by atoms with Crippen LogP contribution in [0.15, 0.2) is 24.4 Å². The largest absolute Gasteiger partial charge is 0.354 e. The van der Waals surface area contributed by atoms with Crippen molar-refractivity contribution in [2.24, 2.45) is 0 Å². The fraction of sp³-hybridized carbons (Fsp3) is 0.565. The van der Waals surface area contributed by atoms with E-state index in [4.69, 9.17) is 0 Å². The Bertz CT molecular complexity index is 843. The molecule has 3 heterocycles. The van der Waals surface area contributed by atoms with Crippen LogP contribution in [0.2, 0.25) is 0 Å². The van der Waals surface area contributed by atoms with Gasteiger partial charge in [-0.1, -0.05) is 19.3 Å². The number of hydrogen-bond acceptors (Lipinski definition) is 4. The van der Waals surface area contributed by atoms with Crippen molar-refractivity contribution in [3.63, 3.8) is 0 Å². The van der Waals surface area contributed by atoms with E-state index in [0.29, 0.717) is 6.04 Å². The van der Waals surface area contributed by atoms with Gasteiger partial charge in [-0.2, -0.15) is 0 Å². The lowest BCUT2D eigenvalue weighted by atomic mass is 9.95. The number of nitrogens with zero attached hydrogens (tertiary/aromatic N) is 4. The fourth-order valence-corrected chi connectivity index (χ4v) is 4.79. The number of rotatable bonds is 4. The lowest BCUT2D eigenvalue weighted by molar-refractivity contribution is 0.102. The van der Waals surface area contributed by atoms with Gasteiger partial charge >= 0.3 is 0 Å². The molecule has 2 fully saturated rings. The maximum Gasteiger partial charge on any atom is 0.257 e. The van der Waals surface area contributed by atoms with E-state index in [1.807, 2.05) is 18.2 Å². The predicted molar refractivity (Wildman–Crippen MR) is 118 cm³/mol. The number of nitrogens with one attached hydrogen (secondary N) is 1. The van der Waals surface area contributed by atoms with Crippen molar-refractivity contribution in [3.05, 3.63) is 41.3 Å². The minimum Gasteiger partial charge on any atom is -0.354 e. The zero-order valence-electron chi connectivity index (χ0n) is 17.9. The molecule has 0 aromatic carbocycles. The molecule has 0 spiro atoms. The SMILES string of the molecule is Cc1cc(C(=O)Nc2ccc(N3CCN(C)CC3)nc2)c(C)n1C1CCCCC1. The summed E-state index contributed by atoms with van der Waals surface area (Å²) < 4.78 is 2.38. The third-order valence-electron chi connectivity index (χ3n) is 6.50. The summed E-state index contributed by atoms with van der Waals surface area (Å²) in [5, 5.41) is 3.04. The summed E-state index contributed by atoms with van der Waals surface area (Å²) >= 11 is 0. The van der Waals surface area contributed by atoms with Gasteiger partial charge in [-0.25, -0.2) is 4.98 Å². The molecule has 6 heteroatoms. The Morgan fingerprint density at radius 2 is 1.79 bits per heavy atom. The average Bonchev–Trinajstić information content (AvgIpc) is 3.04. The number of likely N-dealkylation sites (N-methyl/N-ethyl adjacent to an activating group) is 1. The Morgan fingerprint density at radius 3 is 2.45 bits per heavy atom. The van der Waals surface area contributed by atoms with Crippen molar-refractivity contribution in [1.82, 2.24) is 14.5 Å². The molecule has 2 aromatic rings. The van der Waals surface area contributed by atoms with E-state index in [0.717, 1.165) is 48.9 Å². The smallest absolute Gasteiger partial charge is 0.257 e. The minimum absolute atomic E-state index is 0.0469. The summed E-state index contributed by atoms with van der Waals surface area (Å²) in [7, 11) is 2.15. The molecule has 0 bridgehead atoms. The Kier molecular flexibility index (Phi) is 5.90. The van der Waals surface area contributed by atoms with Gasteiger partial charge in [-0.15, -0.1) is 0 Å². The summed E-state index contributed by atoms with van der Waals surface area (Å²) in [5.74, 6) is 0.931. The standard InChI is InChI=1S/C23H33N5O/c1-17-15-21(18(2)28(17)20-7-5-4-6-8-20)23(29)25-19-9-10-22(24-16-19)27-13-11-26(3)12-14-27/h9-10,15-16,20H,4-8,11-14H2,1-3H3,(H,25,29). The van der Waals surface area contributed by atoms with Crippen LogP contribution in [0.3, 0.4) is 0 Å². The first kappa shape index (κ1) is 20.0. The van der Waals surface area contributed by atoms with Gasteiger partial charge in [0, 0.05) is 43.6 Å².